The average molecular weight is 233 g/mol. The molecule has 1 aromatic carbocycles. The molecule has 0 spiro atoms. The molecule has 0 radical (unpaired) electrons. The van der Waals surface area contributed by atoms with Crippen LogP contribution in [0.15, 0.2) is 18.2 Å². The summed E-state index contributed by atoms with van der Waals surface area (Å²) in [7, 11) is 5.70. The predicted octanol–water partition coefficient (Wildman–Crippen LogP) is 1.49. The van der Waals surface area contributed by atoms with Crippen molar-refractivity contribution in [3.05, 3.63) is 29.3 Å². The van der Waals surface area contributed by atoms with Crippen molar-refractivity contribution < 1.29 is 9.84 Å². The van der Waals surface area contributed by atoms with Gasteiger partial charge >= 0.3 is 0 Å². The van der Waals surface area contributed by atoms with Crippen LogP contribution in [0.25, 0.3) is 0 Å². The summed E-state index contributed by atoms with van der Waals surface area (Å²) in [6.07, 6.45) is 0.487. The first-order valence-corrected chi connectivity index (χ1v) is 5.58. The monoisotopic (exact) mass is 233 g/mol. The van der Waals surface area contributed by atoms with Gasteiger partial charge in [-0.25, -0.2) is 0 Å². The second-order valence-corrected chi connectivity index (χ2v) is 4.05. The fourth-order valence-corrected chi connectivity index (χ4v) is 1.53. The van der Waals surface area contributed by atoms with Crippen molar-refractivity contribution in [1.29, 1.82) is 0 Å². The van der Waals surface area contributed by atoms with Gasteiger partial charge in [0.25, 0.3) is 0 Å². The molecule has 3 heteroatoms. The molecule has 0 saturated heterocycles. The van der Waals surface area contributed by atoms with Crippen LogP contribution in [0.4, 0.5) is 0 Å². The molecule has 17 heavy (non-hydrogen) atoms. The van der Waals surface area contributed by atoms with Crippen molar-refractivity contribution >= 4 is 0 Å². The van der Waals surface area contributed by atoms with Gasteiger partial charge in [-0.1, -0.05) is 17.9 Å². The third kappa shape index (κ3) is 4.48. The number of benzene rings is 1. The van der Waals surface area contributed by atoms with Crippen molar-refractivity contribution in [2.24, 2.45) is 0 Å². The minimum absolute atomic E-state index is 0.0900. The molecule has 0 amide bonds. The molecule has 0 aliphatic heterocycles. The van der Waals surface area contributed by atoms with Crippen LogP contribution in [-0.4, -0.2) is 37.8 Å². The van der Waals surface area contributed by atoms with Crippen molar-refractivity contribution in [3.8, 4) is 17.6 Å². The Morgan fingerprint density at radius 3 is 2.71 bits per heavy atom. The molecular weight excluding hydrogens is 214 g/mol. The van der Waals surface area contributed by atoms with Gasteiger partial charge in [0.2, 0.25) is 0 Å². The van der Waals surface area contributed by atoms with E-state index in [4.69, 9.17) is 9.84 Å². The second-order valence-electron chi connectivity index (χ2n) is 4.05. The number of methoxy groups -OCH3 is 1. The smallest absolute Gasteiger partial charge is 0.134 e. The third-order valence-electron chi connectivity index (χ3n) is 2.22. The van der Waals surface area contributed by atoms with Crippen molar-refractivity contribution in [1.82, 2.24) is 4.90 Å². The molecular formula is C14H19NO2. The van der Waals surface area contributed by atoms with Crippen LogP contribution in [0.1, 0.15) is 17.5 Å². The summed E-state index contributed by atoms with van der Waals surface area (Å²) in [5.74, 6) is 6.71. The van der Waals surface area contributed by atoms with Crippen molar-refractivity contribution in [2.45, 2.75) is 13.0 Å². The van der Waals surface area contributed by atoms with E-state index in [0.29, 0.717) is 6.42 Å². The van der Waals surface area contributed by atoms with E-state index in [1.54, 1.807) is 7.11 Å². The van der Waals surface area contributed by atoms with E-state index in [2.05, 4.69) is 16.7 Å². The quantitative estimate of drug-likeness (QED) is 0.800. The van der Waals surface area contributed by atoms with Gasteiger partial charge in [0, 0.05) is 13.0 Å². The summed E-state index contributed by atoms with van der Waals surface area (Å²) in [4.78, 5) is 2.10. The fourth-order valence-electron chi connectivity index (χ4n) is 1.53. The van der Waals surface area contributed by atoms with Crippen LogP contribution in [0, 0.1) is 11.8 Å². The van der Waals surface area contributed by atoms with Gasteiger partial charge in [0.1, 0.15) is 5.75 Å². The SMILES string of the molecule is COc1ccc(CN(C)C)cc1C#CCCO. The lowest BCUT2D eigenvalue weighted by atomic mass is 10.1. The molecule has 92 valence electrons. The van der Waals surface area contributed by atoms with Gasteiger partial charge in [-0.05, 0) is 31.8 Å². The van der Waals surface area contributed by atoms with E-state index in [9.17, 15) is 0 Å². The molecule has 0 unspecified atom stereocenters. The molecule has 1 rings (SSSR count). The van der Waals surface area contributed by atoms with E-state index in [-0.39, 0.29) is 6.61 Å². The Kier molecular flexibility index (Phi) is 5.55. The zero-order valence-corrected chi connectivity index (χ0v) is 10.7. The highest BCUT2D eigenvalue weighted by molar-refractivity contribution is 5.48. The van der Waals surface area contributed by atoms with Gasteiger partial charge in [0.15, 0.2) is 0 Å². The van der Waals surface area contributed by atoms with E-state index in [1.165, 1.54) is 5.56 Å². The fraction of sp³-hybridized carbons (Fsp3) is 0.429. The van der Waals surface area contributed by atoms with Crippen molar-refractivity contribution in [2.75, 3.05) is 27.8 Å². The maximum Gasteiger partial charge on any atom is 0.134 e. The summed E-state index contributed by atoms with van der Waals surface area (Å²) in [5.41, 5.74) is 2.07. The standard InChI is InChI=1S/C14H19NO2/c1-15(2)11-12-7-8-14(17-3)13(10-12)6-4-5-9-16/h7-8,10,16H,5,9,11H2,1-3H3. The summed E-state index contributed by atoms with van der Waals surface area (Å²) in [6, 6.07) is 6.00. The van der Waals surface area contributed by atoms with Gasteiger partial charge in [0.05, 0.1) is 19.3 Å². The predicted molar refractivity (Wildman–Crippen MR) is 69.0 cm³/mol. The molecule has 0 heterocycles. The van der Waals surface area contributed by atoms with E-state index < -0.39 is 0 Å². The van der Waals surface area contributed by atoms with Crippen LogP contribution in [0.2, 0.25) is 0 Å². The van der Waals surface area contributed by atoms with Crippen LogP contribution >= 0.6 is 0 Å². The molecule has 1 aromatic rings. The van der Waals surface area contributed by atoms with E-state index in [1.807, 2.05) is 32.3 Å². The highest BCUT2D eigenvalue weighted by Gasteiger charge is 2.02. The number of ether oxygens (including phenoxy) is 1. The minimum Gasteiger partial charge on any atom is -0.495 e. The Morgan fingerprint density at radius 1 is 1.35 bits per heavy atom. The Bertz CT molecular complexity index is 416. The molecule has 0 fully saturated rings. The number of hydrogen-bond acceptors (Lipinski definition) is 3. The highest BCUT2D eigenvalue weighted by Crippen LogP contribution is 2.19. The first kappa shape index (κ1) is 13.6. The molecule has 1 N–H and O–H groups in total. The maximum atomic E-state index is 8.70. The second kappa shape index (κ2) is 6.95. The molecule has 0 aromatic heterocycles. The molecule has 0 saturated carbocycles. The molecule has 0 aliphatic carbocycles. The summed E-state index contributed by atoms with van der Waals surface area (Å²) in [5, 5.41) is 8.70. The molecule has 3 nitrogen and oxygen atoms in total. The lowest BCUT2D eigenvalue weighted by molar-refractivity contribution is 0.305. The zero-order chi connectivity index (χ0) is 12.7. The third-order valence-corrected chi connectivity index (χ3v) is 2.22. The highest BCUT2D eigenvalue weighted by atomic mass is 16.5. The van der Waals surface area contributed by atoms with E-state index >= 15 is 0 Å². The Balaban J connectivity index is 2.95. The largest absolute Gasteiger partial charge is 0.495 e. The Morgan fingerprint density at radius 2 is 2.12 bits per heavy atom. The molecule has 0 aliphatic rings. The van der Waals surface area contributed by atoms with Crippen molar-refractivity contribution in [3.63, 3.8) is 0 Å². The maximum absolute atomic E-state index is 8.70. The van der Waals surface area contributed by atoms with Crippen LogP contribution in [0.3, 0.4) is 0 Å². The lowest BCUT2D eigenvalue weighted by Gasteiger charge is -2.11. The zero-order valence-electron chi connectivity index (χ0n) is 10.7. The number of aliphatic hydroxyl groups excluding tert-OH is 1. The normalized spacial score (nSPS) is 9.94. The van der Waals surface area contributed by atoms with Gasteiger partial charge in [-0.2, -0.15) is 0 Å². The Labute approximate surface area is 103 Å². The van der Waals surface area contributed by atoms with Gasteiger partial charge in [-0.3, -0.25) is 0 Å². The molecule has 0 bridgehead atoms. The topological polar surface area (TPSA) is 32.7 Å². The Hall–Kier alpha value is -1.50. The van der Waals surface area contributed by atoms with Gasteiger partial charge < -0.3 is 14.7 Å². The number of hydrogen-bond donors (Lipinski definition) is 1. The number of rotatable bonds is 4. The average Bonchev–Trinajstić information content (AvgIpc) is 2.29. The summed E-state index contributed by atoms with van der Waals surface area (Å²) >= 11 is 0. The number of aliphatic hydroxyl groups is 1. The van der Waals surface area contributed by atoms with Crippen LogP contribution < -0.4 is 4.74 Å². The van der Waals surface area contributed by atoms with E-state index in [0.717, 1.165) is 17.9 Å². The van der Waals surface area contributed by atoms with Crippen LogP contribution in [0.5, 0.6) is 5.75 Å². The first-order chi connectivity index (χ1) is 8.17. The lowest BCUT2D eigenvalue weighted by Crippen LogP contribution is -2.10. The summed E-state index contributed by atoms with van der Waals surface area (Å²) < 4.78 is 5.26. The van der Waals surface area contributed by atoms with Crippen LogP contribution in [-0.2, 0) is 6.54 Å². The summed E-state index contributed by atoms with van der Waals surface area (Å²) in [6.45, 7) is 0.964. The minimum atomic E-state index is 0.0900. The first-order valence-electron chi connectivity index (χ1n) is 5.58. The number of nitrogens with zero attached hydrogens (tertiary/aromatic N) is 1. The molecule has 0 atom stereocenters. The van der Waals surface area contributed by atoms with Gasteiger partial charge in [-0.15, -0.1) is 0 Å².